The van der Waals surface area contributed by atoms with Crippen molar-refractivity contribution in [3.8, 4) is 66.8 Å². The highest BCUT2D eigenvalue weighted by molar-refractivity contribution is 6.06. The first-order chi connectivity index (χ1) is 37.2. The molecule has 0 unspecified atom stereocenters. The summed E-state index contributed by atoms with van der Waals surface area (Å²) in [6, 6.07) is 108. The van der Waals surface area contributed by atoms with E-state index in [1.807, 2.05) is 12.1 Å². The van der Waals surface area contributed by atoms with Crippen LogP contribution in [0.2, 0.25) is 0 Å². The van der Waals surface area contributed by atoms with Gasteiger partial charge in [0.25, 0.3) is 0 Å². The van der Waals surface area contributed by atoms with E-state index in [1.165, 1.54) is 66.8 Å². The molecule has 2 nitrogen and oxygen atoms in total. The number of furan rings is 1. The van der Waals surface area contributed by atoms with E-state index in [1.54, 1.807) is 0 Å². The van der Waals surface area contributed by atoms with E-state index >= 15 is 0 Å². The Hall–Kier alpha value is -9.76. The van der Waals surface area contributed by atoms with Gasteiger partial charge in [-0.25, -0.2) is 0 Å². The number of para-hydroxylation sites is 1. The molecule has 1 aromatic heterocycles. The number of rotatable bonds is 10. The maximum atomic E-state index is 6.33. The zero-order chi connectivity index (χ0) is 49.7. The van der Waals surface area contributed by atoms with E-state index in [2.05, 4.69) is 290 Å². The number of nitrogens with zero attached hydrogens (tertiary/aromatic N) is 1. The molecule has 14 rings (SSSR count). The first-order valence-electron chi connectivity index (χ1n) is 25.8. The first-order valence-corrected chi connectivity index (χ1v) is 25.8. The number of fused-ring (bicyclic) bond motifs is 6. The van der Waals surface area contributed by atoms with E-state index in [-0.39, 0.29) is 0 Å². The minimum absolute atomic E-state index is 0.491. The second-order valence-electron chi connectivity index (χ2n) is 19.6. The molecule has 75 heavy (non-hydrogen) atoms. The molecular weight excluding hydrogens is 907 g/mol. The summed E-state index contributed by atoms with van der Waals surface area (Å²) in [5.41, 5.74) is 23.8. The van der Waals surface area contributed by atoms with Gasteiger partial charge in [-0.15, -0.1) is 0 Å². The Bertz CT molecular complexity index is 4100. The largest absolute Gasteiger partial charge is 0.456 e. The zero-order valence-electron chi connectivity index (χ0n) is 41.1. The van der Waals surface area contributed by atoms with E-state index in [4.69, 9.17) is 4.42 Å². The fourth-order valence-corrected chi connectivity index (χ4v) is 11.9. The lowest BCUT2D eigenvalue weighted by Crippen LogP contribution is -2.28. The van der Waals surface area contributed by atoms with Crippen LogP contribution in [-0.2, 0) is 5.41 Å². The van der Waals surface area contributed by atoms with Crippen LogP contribution in [0.25, 0.3) is 88.7 Å². The van der Waals surface area contributed by atoms with Crippen molar-refractivity contribution >= 4 is 39.0 Å². The molecular formula is C73H49NO. The van der Waals surface area contributed by atoms with Crippen LogP contribution in [0.15, 0.2) is 302 Å². The van der Waals surface area contributed by atoms with Gasteiger partial charge >= 0.3 is 0 Å². The van der Waals surface area contributed by atoms with Crippen LogP contribution in [-0.4, -0.2) is 0 Å². The van der Waals surface area contributed by atoms with Crippen LogP contribution in [0.4, 0.5) is 17.1 Å². The molecule has 0 spiro atoms. The Kier molecular flexibility index (Phi) is 10.8. The van der Waals surface area contributed by atoms with Crippen molar-refractivity contribution in [3.05, 3.63) is 320 Å². The van der Waals surface area contributed by atoms with Gasteiger partial charge < -0.3 is 9.32 Å². The summed E-state index contributed by atoms with van der Waals surface area (Å²) in [6.45, 7) is 0. The van der Waals surface area contributed by atoms with Crippen LogP contribution >= 0.6 is 0 Å². The molecule has 1 heterocycles. The van der Waals surface area contributed by atoms with Crippen molar-refractivity contribution in [2.45, 2.75) is 5.41 Å². The van der Waals surface area contributed by atoms with Crippen molar-refractivity contribution in [1.29, 1.82) is 0 Å². The minimum Gasteiger partial charge on any atom is -0.456 e. The van der Waals surface area contributed by atoms with E-state index in [0.29, 0.717) is 0 Å². The monoisotopic (exact) mass is 955 g/mol. The second-order valence-corrected chi connectivity index (χ2v) is 19.6. The topological polar surface area (TPSA) is 16.4 Å². The van der Waals surface area contributed by atoms with Crippen LogP contribution < -0.4 is 4.90 Å². The van der Waals surface area contributed by atoms with Crippen LogP contribution in [0, 0.1) is 0 Å². The van der Waals surface area contributed by atoms with Gasteiger partial charge in [-0.2, -0.15) is 0 Å². The summed E-state index contributed by atoms with van der Waals surface area (Å²) in [4.78, 5) is 2.39. The average Bonchev–Trinajstić information content (AvgIpc) is 4.07. The van der Waals surface area contributed by atoms with Gasteiger partial charge in [0.05, 0.1) is 5.41 Å². The third-order valence-corrected chi connectivity index (χ3v) is 15.3. The van der Waals surface area contributed by atoms with Gasteiger partial charge in [0, 0.05) is 27.8 Å². The molecule has 2 heteroatoms. The maximum Gasteiger partial charge on any atom is 0.136 e. The molecule has 352 valence electrons. The predicted octanol–water partition coefficient (Wildman–Crippen LogP) is 19.8. The van der Waals surface area contributed by atoms with Gasteiger partial charge in [0.2, 0.25) is 0 Å². The Labute approximate surface area is 437 Å². The molecule has 12 aromatic carbocycles. The lowest BCUT2D eigenvalue weighted by molar-refractivity contribution is 0.669. The molecule has 0 saturated heterocycles. The normalized spacial score (nSPS) is 12.4. The lowest BCUT2D eigenvalue weighted by Gasteiger charge is -2.34. The molecule has 1 aliphatic rings. The summed E-state index contributed by atoms with van der Waals surface area (Å²) in [5, 5.41) is 2.26. The third-order valence-electron chi connectivity index (χ3n) is 15.3. The summed E-state index contributed by atoms with van der Waals surface area (Å²) in [7, 11) is 0. The maximum absolute atomic E-state index is 6.33. The van der Waals surface area contributed by atoms with Crippen molar-refractivity contribution in [1.82, 2.24) is 0 Å². The van der Waals surface area contributed by atoms with Crippen molar-refractivity contribution in [3.63, 3.8) is 0 Å². The van der Waals surface area contributed by atoms with Crippen LogP contribution in [0.3, 0.4) is 0 Å². The standard InChI is InChI=1S/C73H49NO/c1-5-19-50(20-6-1)56-45-57(51-21-7-2-8-22-51)47-58(46-56)53-37-42-62(43-38-53)74(61-40-35-52(36-41-61)54-39-44-66-65-29-14-16-34-70(65)75-71(66)49-54)63-28-17-23-55(48-63)64-31-18-33-69-72(64)67-30-13-15-32-68(67)73(69,59-24-9-3-10-25-59)60-26-11-4-12-27-60/h1-49H. The van der Waals surface area contributed by atoms with Gasteiger partial charge in [-0.3, -0.25) is 0 Å². The van der Waals surface area contributed by atoms with Crippen molar-refractivity contribution in [2.24, 2.45) is 0 Å². The highest BCUT2D eigenvalue weighted by Gasteiger charge is 2.46. The summed E-state index contributed by atoms with van der Waals surface area (Å²) < 4.78 is 6.33. The second kappa shape index (κ2) is 18.4. The molecule has 0 aliphatic heterocycles. The summed E-state index contributed by atoms with van der Waals surface area (Å²) in [6.07, 6.45) is 0. The van der Waals surface area contributed by atoms with E-state index in [9.17, 15) is 0 Å². The predicted molar refractivity (Wildman–Crippen MR) is 313 cm³/mol. The Morgan fingerprint density at radius 1 is 0.253 bits per heavy atom. The van der Waals surface area contributed by atoms with Crippen molar-refractivity contribution in [2.75, 3.05) is 4.90 Å². The molecule has 0 saturated carbocycles. The SMILES string of the molecule is c1ccc(-c2cc(-c3ccccc3)cc(-c3ccc(N(c4ccc(-c5ccc6c(c5)oc5ccccc56)cc4)c4cccc(-c5cccc6c5-c5ccccc5C6(c5ccccc5)c5ccccc5)c4)cc3)c2)cc1. The van der Waals surface area contributed by atoms with Crippen molar-refractivity contribution < 1.29 is 4.42 Å². The van der Waals surface area contributed by atoms with E-state index < -0.39 is 5.41 Å². The van der Waals surface area contributed by atoms with Gasteiger partial charge in [0.15, 0.2) is 0 Å². The van der Waals surface area contributed by atoms with Gasteiger partial charge in [0.1, 0.15) is 11.2 Å². The quantitative estimate of drug-likeness (QED) is 0.136. The van der Waals surface area contributed by atoms with Gasteiger partial charge in [-0.05, 0) is 162 Å². The molecule has 0 bridgehead atoms. The summed E-state index contributed by atoms with van der Waals surface area (Å²) >= 11 is 0. The van der Waals surface area contributed by atoms with Crippen LogP contribution in [0.1, 0.15) is 22.3 Å². The number of anilines is 3. The minimum atomic E-state index is -0.491. The zero-order valence-corrected chi connectivity index (χ0v) is 41.1. The summed E-state index contributed by atoms with van der Waals surface area (Å²) in [5.74, 6) is 0. The Morgan fingerprint density at radius 3 is 1.33 bits per heavy atom. The molecule has 1 aliphatic carbocycles. The fraction of sp³-hybridized carbons (Fsp3) is 0.0137. The molecule has 0 N–H and O–H groups in total. The molecule has 13 aromatic rings. The lowest BCUT2D eigenvalue weighted by atomic mass is 9.67. The Balaban J connectivity index is 0.905. The number of hydrogen-bond acceptors (Lipinski definition) is 2. The number of benzene rings is 12. The average molecular weight is 956 g/mol. The smallest absolute Gasteiger partial charge is 0.136 e. The Morgan fingerprint density at radius 2 is 0.707 bits per heavy atom. The highest BCUT2D eigenvalue weighted by Crippen LogP contribution is 2.58. The van der Waals surface area contributed by atoms with Crippen LogP contribution in [0.5, 0.6) is 0 Å². The fourth-order valence-electron chi connectivity index (χ4n) is 11.9. The molecule has 0 atom stereocenters. The molecule has 0 amide bonds. The third kappa shape index (κ3) is 7.58. The first kappa shape index (κ1) is 44.0. The number of hydrogen-bond donors (Lipinski definition) is 0. The molecule has 0 radical (unpaired) electrons. The molecule has 0 fully saturated rings. The van der Waals surface area contributed by atoms with E-state index in [0.717, 1.165) is 61.3 Å². The highest BCUT2D eigenvalue weighted by atomic mass is 16.3. The van der Waals surface area contributed by atoms with Gasteiger partial charge in [-0.1, -0.05) is 224 Å².